The number of ether oxygens (including phenoxy) is 2. The van der Waals surface area contributed by atoms with Gasteiger partial charge < -0.3 is 14.0 Å². The minimum atomic E-state index is -0.219. The minimum absolute atomic E-state index is 0.219. The zero-order valence-electron chi connectivity index (χ0n) is 14.3. The molecule has 0 saturated carbocycles. The number of quaternary nitrogens is 1. The number of benzene rings is 1. The van der Waals surface area contributed by atoms with Gasteiger partial charge in [0.25, 0.3) is 0 Å². The number of piperidine rings is 2. The minimum Gasteiger partial charge on any atom is -0.497 e. The Morgan fingerprint density at radius 1 is 1.13 bits per heavy atom. The van der Waals surface area contributed by atoms with E-state index in [2.05, 4.69) is 7.05 Å². The molecule has 0 N–H and O–H groups in total. The number of fused-ring (bicyclic) bond motifs is 1. The second-order valence-corrected chi connectivity index (χ2v) is 7.22. The van der Waals surface area contributed by atoms with Crippen molar-refractivity contribution >= 4 is 5.97 Å². The van der Waals surface area contributed by atoms with E-state index in [1.54, 1.807) is 31.4 Å². The van der Waals surface area contributed by atoms with Crippen LogP contribution in [0.25, 0.3) is 0 Å². The molecule has 0 aromatic heterocycles. The molecule has 4 nitrogen and oxygen atoms in total. The van der Waals surface area contributed by atoms with E-state index in [0.717, 1.165) is 5.75 Å². The van der Waals surface area contributed by atoms with Gasteiger partial charge in [-0.3, -0.25) is 0 Å². The Morgan fingerprint density at radius 2 is 1.87 bits per heavy atom. The Kier molecular flexibility index (Phi) is 4.90. The first kappa shape index (κ1) is 16.3. The molecule has 0 radical (unpaired) electrons. The Morgan fingerprint density at radius 3 is 2.61 bits per heavy atom. The fourth-order valence-corrected chi connectivity index (χ4v) is 4.42. The fourth-order valence-electron chi connectivity index (χ4n) is 4.42. The lowest BCUT2D eigenvalue weighted by atomic mass is 9.82. The van der Waals surface area contributed by atoms with Gasteiger partial charge in [0.2, 0.25) is 0 Å². The molecular formula is C19H28NO3+. The van der Waals surface area contributed by atoms with E-state index < -0.39 is 0 Å². The normalized spacial score (nSPS) is 30.3. The van der Waals surface area contributed by atoms with E-state index in [0.29, 0.717) is 24.1 Å². The summed E-state index contributed by atoms with van der Waals surface area (Å²) in [5, 5.41) is 0. The number of esters is 1. The van der Waals surface area contributed by atoms with Crippen LogP contribution < -0.4 is 4.74 Å². The van der Waals surface area contributed by atoms with E-state index in [4.69, 9.17) is 9.47 Å². The number of hydrogen-bond donors (Lipinski definition) is 0. The maximum absolute atomic E-state index is 12.3. The summed E-state index contributed by atoms with van der Waals surface area (Å²) >= 11 is 0. The van der Waals surface area contributed by atoms with Gasteiger partial charge in [0, 0.05) is 12.3 Å². The van der Waals surface area contributed by atoms with Crippen molar-refractivity contribution in [1.82, 2.24) is 0 Å². The number of methoxy groups -OCH3 is 1. The van der Waals surface area contributed by atoms with Crippen molar-refractivity contribution in [3.8, 4) is 5.75 Å². The van der Waals surface area contributed by atoms with E-state index in [1.807, 2.05) is 0 Å². The van der Waals surface area contributed by atoms with Crippen LogP contribution in [0.1, 0.15) is 42.5 Å². The van der Waals surface area contributed by atoms with Crippen LogP contribution in [0.4, 0.5) is 0 Å². The van der Waals surface area contributed by atoms with Crippen molar-refractivity contribution in [2.45, 2.75) is 38.1 Å². The third-order valence-electron chi connectivity index (χ3n) is 5.76. The monoisotopic (exact) mass is 318 g/mol. The summed E-state index contributed by atoms with van der Waals surface area (Å²) in [5.41, 5.74) is 0.600. The Balaban J connectivity index is 1.59. The maximum Gasteiger partial charge on any atom is 0.338 e. The van der Waals surface area contributed by atoms with Gasteiger partial charge in [-0.25, -0.2) is 4.79 Å². The van der Waals surface area contributed by atoms with Gasteiger partial charge in [-0.15, -0.1) is 0 Å². The lowest BCUT2D eigenvalue weighted by Gasteiger charge is -2.51. The molecule has 4 heteroatoms. The molecule has 3 atom stereocenters. The Bertz CT molecular complexity index is 538. The van der Waals surface area contributed by atoms with Crippen LogP contribution in [0.2, 0.25) is 0 Å². The van der Waals surface area contributed by atoms with Crippen LogP contribution in [0.5, 0.6) is 5.75 Å². The number of carbonyl (C=O) groups excluding carboxylic acids is 1. The van der Waals surface area contributed by atoms with E-state index in [-0.39, 0.29) is 5.97 Å². The van der Waals surface area contributed by atoms with Gasteiger partial charge in [0.05, 0.1) is 38.9 Å². The second kappa shape index (κ2) is 6.91. The second-order valence-electron chi connectivity index (χ2n) is 7.22. The molecule has 3 rings (SSSR count). The van der Waals surface area contributed by atoms with E-state index >= 15 is 0 Å². The summed E-state index contributed by atoms with van der Waals surface area (Å²) in [6.45, 7) is 3.13. The van der Waals surface area contributed by atoms with Crippen molar-refractivity contribution in [3.05, 3.63) is 29.8 Å². The molecule has 0 spiro atoms. The average molecular weight is 318 g/mol. The van der Waals surface area contributed by atoms with Crippen LogP contribution >= 0.6 is 0 Å². The van der Waals surface area contributed by atoms with Crippen LogP contribution in [0.15, 0.2) is 24.3 Å². The van der Waals surface area contributed by atoms with Gasteiger partial charge in [0.1, 0.15) is 12.4 Å². The Hall–Kier alpha value is -1.55. The summed E-state index contributed by atoms with van der Waals surface area (Å²) < 4.78 is 12.0. The summed E-state index contributed by atoms with van der Waals surface area (Å²) in [6.07, 6.45) is 6.38. The average Bonchev–Trinajstić information content (AvgIpc) is 2.59. The van der Waals surface area contributed by atoms with E-state index in [9.17, 15) is 4.79 Å². The van der Waals surface area contributed by atoms with Crippen molar-refractivity contribution < 1.29 is 18.8 Å². The largest absolute Gasteiger partial charge is 0.497 e. The molecule has 0 aliphatic carbocycles. The van der Waals surface area contributed by atoms with Crippen LogP contribution in [-0.4, -0.2) is 50.3 Å². The zero-order chi connectivity index (χ0) is 16.3. The molecule has 0 amide bonds. The van der Waals surface area contributed by atoms with Crippen LogP contribution in [0.3, 0.4) is 0 Å². The first-order valence-electron chi connectivity index (χ1n) is 8.78. The molecule has 2 heterocycles. The smallest absolute Gasteiger partial charge is 0.338 e. The predicted molar refractivity (Wildman–Crippen MR) is 89.6 cm³/mol. The van der Waals surface area contributed by atoms with Gasteiger partial charge in [-0.05, 0) is 49.9 Å². The first-order chi connectivity index (χ1) is 11.1. The highest BCUT2D eigenvalue weighted by molar-refractivity contribution is 5.89. The standard InChI is InChI=1S/C19H28NO3/c1-20-12-4-3-7-18(20)16(6-5-13-20)14-23-19(21)15-8-10-17(22-2)11-9-15/h8-11,16,18H,3-7,12-14H2,1-2H3/q+1/t16-,18+,20+/m0/s1. The van der Waals surface area contributed by atoms with Crippen molar-refractivity contribution in [3.63, 3.8) is 0 Å². The lowest BCUT2D eigenvalue weighted by molar-refractivity contribution is -0.947. The lowest BCUT2D eigenvalue weighted by Crippen LogP contribution is -2.61. The highest BCUT2D eigenvalue weighted by atomic mass is 16.5. The highest BCUT2D eigenvalue weighted by Crippen LogP contribution is 2.36. The van der Waals surface area contributed by atoms with Crippen molar-refractivity contribution in [1.29, 1.82) is 0 Å². The molecule has 2 aliphatic heterocycles. The molecule has 0 bridgehead atoms. The third kappa shape index (κ3) is 3.52. The number of rotatable bonds is 4. The summed E-state index contributed by atoms with van der Waals surface area (Å²) in [6, 6.07) is 7.80. The third-order valence-corrected chi connectivity index (χ3v) is 5.76. The maximum atomic E-state index is 12.3. The molecular weight excluding hydrogens is 290 g/mol. The van der Waals surface area contributed by atoms with Crippen molar-refractivity contribution in [2.75, 3.05) is 33.9 Å². The summed E-state index contributed by atoms with van der Waals surface area (Å²) in [7, 11) is 4.01. The molecule has 1 aromatic carbocycles. The molecule has 2 saturated heterocycles. The number of carbonyl (C=O) groups is 1. The SMILES string of the molecule is COc1ccc(C(=O)OC[C@@H]2CCC[N@@+]3(C)CCCC[C@H]23)cc1. The number of nitrogens with zero attached hydrogens (tertiary/aromatic N) is 1. The predicted octanol–water partition coefficient (Wildman–Crippen LogP) is 3.26. The fraction of sp³-hybridized carbons (Fsp3) is 0.632. The molecule has 2 aliphatic rings. The Labute approximate surface area is 139 Å². The van der Waals surface area contributed by atoms with Gasteiger partial charge in [0.15, 0.2) is 0 Å². The topological polar surface area (TPSA) is 35.5 Å². The molecule has 1 aromatic rings. The molecule has 2 fully saturated rings. The van der Waals surface area contributed by atoms with Crippen molar-refractivity contribution in [2.24, 2.45) is 5.92 Å². The van der Waals surface area contributed by atoms with Gasteiger partial charge in [-0.2, -0.15) is 0 Å². The van der Waals surface area contributed by atoms with Gasteiger partial charge in [-0.1, -0.05) is 0 Å². The summed E-state index contributed by atoms with van der Waals surface area (Å²) in [4.78, 5) is 12.3. The van der Waals surface area contributed by atoms with Crippen LogP contribution in [-0.2, 0) is 4.74 Å². The highest BCUT2D eigenvalue weighted by Gasteiger charge is 2.43. The van der Waals surface area contributed by atoms with Crippen LogP contribution in [0, 0.1) is 5.92 Å². The molecule has 23 heavy (non-hydrogen) atoms. The quantitative estimate of drug-likeness (QED) is 0.631. The van der Waals surface area contributed by atoms with E-state index in [1.165, 1.54) is 49.7 Å². The molecule has 0 unspecified atom stereocenters. The first-order valence-corrected chi connectivity index (χ1v) is 8.78. The van der Waals surface area contributed by atoms with Gasteiger partial charge >= 0.3 is 5.97 Å². The number of hydrogen-bond acceptors (Lipinski definition) is 3. The zero-order valence-corrected chi connectivity index (χ0v) is 14.3. The molecule has 126 valence electrons. The summed E-state index contributed by atoms with van der Waals surface area (Å²) in [5.74, 6) is 1.04.